The summed E-state index contributed by atoms with van der Waals surface area (Å²) >= 11 is 21.9. The van der Waals surface area contributed by atoms with Crippen LogP contribution in [0, 0.1) is 0 Å². The van der Waals surface area contributed by atoms with Crippen molar-refractivity contribution in [3.05, 3.63) is 106 Å². The van der Waals surface area contributed by atoms with E-state index in [1.807, 2.05) is 74.5 Å². The maximum Gasteiger partial charge on any atom is 0.241 e. The summed E-state index contributed by atoms with van der Waals surface area (Å²) in [5, 5.41) is 7.72. The van der Waals surface area contributed by atoms with E-state index in [0.717, 1.165) is 28.9 Å². The van der Waals surface area contributed by atoms with Gasteiger partial charge in [-0.3, -0.25) is 4.79 Å². The highest BCUT2D eigenvalue weighted by atomic mass is 35.5. The Kier molecular flexibility index (Phi) is 22.2. The fourth-order valence-corrected chi connectivity index (χ4v) is 4.31. The third kappa shape index (κ3) is 13.1. The minimum absolute atomic E-state index is 0.208. The Morgan fingerprint density at radius 1 is 1.00 bits per heavy atom. The normalized spacial score (nSPS) is 10.8. The van der Waals surface area contributed by atoms with Crippen LogP contribution in [0.5, 0.6) is 0 Å². The molecule has 230 valence electrons. The van der Waals surface area contributed by atoms with Gasteiger partial charge in [0.15, 0.2) is 5.76 Å². The van der Waals surface area contributed by atoms with Crippen LogP contribution in [0.15, 0.2) is 84.0 Å². The van der Waals surface area contributed by atoms with Gasteiger partial charge in [0.1, 0.15) is 6.04 Å². The molecule has 3 aromatic carbocycles. The summed E-state index contributed by atoms with van der Waals surface area (Å²) in [5.41, 5.74) is 9.49. The lowest BCUT2D eigenvalue weighted by molar-refractivity contribution is -0.122. The first-order valence-electron chi connectivity index (χ1n) is 13.4. The highest BCUT2D eigenvalue weighted by Crippen LogP contribution is 2.28. The lowest BCUT2D eigenvalue weighted by atomic mass is 10.1. The monoisotopic (exact) mass is 654 g/mol. The molecule has 0 radical (unpaired) electrons. The van der Waals surface area contributed by atoms with E-state index in [9.17, 15) is 4.79 Å². The molecular weight excluding hydrogens is 614 g/mol. The van der Waals surface area contributed by atoms with Gasteiger partial charge in [0.05, 0.1) is 0 Å². The van der Waals surface area contributed by atoms with Gasteiger partial charge < -0.3 is 20.8 Å². The van der Waals surface area contributed by atoms with E-state index in [1.165, 1.54) is 12.8 Å². The van der Waals surface area contributed by atoms with E-state index in [2.05, 4.69) is 52.2 Å². The molecule has 0 aliphatic rings. The van der Waals surface area contributed by atoms with Crippen molar-refractivity contribution in [1.82, 2.24) is 5.32 Å². The summed E-state index contributed by atoms with van der Waals surface area (Å²) in [4.78, 5) is 20.1. The van der Waals surface area contributed by atoms with Gasteiger partial charge in [-0.25, -0.2) is 0 Å². The number of alkyl halides is 2. The second kappa shape index (κ2) is 23.8. The predicted molar refractivity (Wildman–Crippen MR) is 184 cm³/mol. The molecule has 1 amide bonds. The molecule has 3 N–H and O–H groups in total. The molecule has 6 nitrogen and oxygen atoms in total. The van der Waals surface area contributed by atoms with Crippen LogP contribution >= 0.6 is 46.4 Å². The summed E-state index contributed by atoms with van der Waals surface area (Å²) in [7, 11) is 0. The summed E-state index contributed by atoms with van der Waals surface area (Å²) in [5.74, 6) is 0.334. The van der Waals surface area contributed by atoms with Gasteiger partial charge in [-0.15, -0.1) is 23.2 Å². The van der Waals surface area contributed by atoms with Gasteiger partial charge in [-0.1, -0.05) is 90.7 Å². The third-order valence-electron chi connectivity index (χ3n) is 5.72. The average molecular weight is 657 g/mol. The minimum Gasteiger partial charge on any atom is -0.370 e. The summed E-state index contributed by atoms with van der Waals surface area (Å²) in [6.07, 6.45) is 5.29. The van der Waals surface area contributed by atoms with Crippen LogP contribution in [0.25, 0.3) is 5.76 Å². The van der Waals surface area contributed by atoms with Gasteiger partial charge in [0, 0.05) is 60.4 Å². The number of allylic oxidation sites excluding steroid dienone is 1. The number of hydrogen-bond donors (Lipinski definition) is 2. The smallest absolute Gasteiger partial charge is 0.241 e. The number of hydrogen-bond acceptors (Lipinski definition) is 5. The Morgan fingerprint density at radius 2 is 1.60 bits per heavy atom. The topological polar surface area (TPSA) is 80.0 Å². The van der Waals surface area contributed by atoms with Crippen LogP contribution in [0.2, 0.25) is 10.0 Å². The molecule has 0 saturated heterocycles. The molecule has 10 heteroatoms. The van der Waals surface area contributed by atoms with Crippen molar-refractivity contribution in [3.63, 3.8) is 0 Å². The largest absolute Gasteiger partial charge is 0.370 e. The van der Waals surface area contributed by atoms with Gasteiger partial charge in [0.2, 0.25) is 5.91 Å². The zero-order valence-electron chi connectivity index (χ0n) is 24.9. The second-order valence-electron chi connectivity index (χ2n) is 8.00. The van der Waals surface area contributed by atoms with Crippen molar-refractivity contribution < 1.29 is 9.63 Å². The number of nitrogens with two attached hydrogens (primary N) is 1. The van der Waals surface area contributed by atoms with Gasteiger partial charge in [0.25, 0.3) is 0 Å². The number of anilines is 1. The van der Waals surface area contributed by atoms with Crippen molar-refractivity contribution >= 4 is 70.5 Å². The molecule has 3 aromatic rings. The van der Waals surface area contributed by atoms with Crippen LogP contribution in [0.4, 0.5) is 5.69 Å². The lowest BCUT2D eigenvalue weighted by Gasteiger charge is -2.24. The van der Waals surface area contributed by atoms with Gasteiger partial charge >= 0.3 is 0 Å². The zero-order valence-corrected chi connectivity index (χ0v) is 27.9. The quantitative estimate of drug-likeness (QED) is 0.0886. The number of benzene rings is 3. The van der Waals surface area contributed by atoms with E-state index in [0.29, 0.717) is 35.3 Å². The van der Waals surface area contributed by atoms with E-state index < -0.39 is 6.04 Å². The predicted octanol–water partition coefficient (Wildman–Crippen LogP) is 8.59. The van der Waals surface area contributed by atoms with Crippen molar-refractivity contribution in [2.24, 2.45) is 10.9 Å². The zero-order chi connectivity index (χ0) is 31.9. The summed E-state index contributed by atoms with van der Waals surface area (Å²) < 4.78 is 0. The van der Waals surface area contributed by atoms with Crippen molar-refractivity contribution in [2.75, 3.05) is 37.3 Å². The van der Waals surface area contributed by atoms with Crippen LogP contribution in [0.3, 0.4) is 0 Å². The Labute approximate surface area is 271 Å². The SMILES string of the molecule is C=NO/C(=C\Cc1c(Cl)cccc1Cl)c1cccc(N(CC)CCNC(=O)C(N)c2ccccc2)c1.CC.CCl.CCl. The van der Waals surface area contributed by atoms with E-state index in [-0.39, 0.29) is 5.91 Å². The lowest BCUT2D eigenvalue weighted by Crippen LogP contribution is -2.39. The minimum atomic E-state index is -0.701. The van der Waals surface area contributed by atoms with Crippen molar-refractivity contribution in [2.45, 2.75) is 33.2 Å². The van der Waals surface area contributed by atoms with Crippen LogP contribution in [-0.4, -0.2) is 45.0 Å². The number of oxime groups is 1. The molecular formula is C32H42Cl4N4O2. The Hall–Kier alpha value is -2.74. The first kappa shape index (κ1) is 39.3. The van der Waals surface area contributed by atoms with E-state index in [1.54, 1.807) is 18.2 Å². The first-order chi connectivity index (χ1) is 20.4. The second-order valence-corrected chi connectivity index (χ2v) is 8.82. The van der Waals surface area contributed by atoms with Crippen LogP contribution in [0.1, 0.15) is 43.5 Å². The maximum atomic E-state index is 12.5. The molecule has 42 heavy (non-hydrogen) atoms. The number of nitrogens with zero attached hydrogens (tertiary/aromatic N) is 2. The first-order valence-corrected chi connectivity index (χ1v) is 15.7. The number of carbonyl (C=O) groups excluding carboxylic acids is 1. The van der Waals surface area contributed by atoms with Crippen LogP contribution < -0.4 is 16.0 Å². The number of nitrogens with one attached hydrogen (secondary N) is 1. The average Bonchev–Trinajstić information content (AvgIpc) is 3.05. The van der Waals surface area contributed by atoms with Gasteiger partial charge in [-0.2, -0.15) is 0 Å². The number of amides is 1. The van der Waals surface area contributed by atoms with Gasteiger partial charge in [-0.05, 0) is 54.8 Å². The molecule has 3 rings (SSSR count). The molecule has 0 fully saturated rings. The summed E-state index contributed by atoms with van der Waals surface area (Å²) in [6, 6.07) is 21.9. The van der Waals surface area contributed by atoms with Crippen molar-refractivity contribution in [3.8, 4) is 0 Å². The number of carbonyl (C=O) groups is 1. The fraction of sp³-hybridized carbons (Fsp3) is 0.312. The molecule has 0 heterocycles. The maximum absolute atomic E-state index is 12.5. The Balaban J connectivity index is 0.00000263. The highest BCUT2D eigenvalue weighted by Gasteiger charge is 2.16. The number of likely N-dealkylation sites (N-methyl/N-ethyl adjacent to an activating group) is 1. The molecule has 0 spiro atoms. The molecule has 0 aromatic heterocycles. The van der Waals surface area contributed by atoms with Crippen molar-refractivity contribution in [1.29, 1.82) is 0 Å². The molecule has 0 aliphatic heterocycles. The molecule has 0 aliphatic carbocycles. The Morgan fingerprint density at radius 3 is 2.17 bits per heavy atom. The fourth-order valence-electron chi connectivity index (χ4n) is 3.76. The van der Waals surface area contributed by atoms with E-state index in [4.69, 9.17) is 33.8 Å². The molecule has 1 unspecified atom stereocenters. The number of halogens is 4. The van der Waals surface area contributed by atoms with E-state index >= 15 is 0 Å². The third-order valence-corrected chi connectivity index (χ3v) is 6.42. The highest BCUT2D eigenvalue weighted by molar-refractivity contribution is 6.36. The summed E-state index contributed by atoms with van der Waals surface area (Å²) in [6.45, 7) is 11.3. The molecule has 0 bridgehead atoms. The van der Waals surface area contributed by atoms with Crippen LogP contribution in [-0.2, 0) is 16.1 Å². The Bertz CT molecular complexity index is 1190. The standard InChI is InChI=1S/C28H30Cl2N4O2.C2H6.2CH3Cl/c1-3-34(18-17-33-28(35)27(31)20-9-5-4-6-10-20)22-12-7-11-21(19-22)26(36-32-2)16-15-23-24(29)13-8-14-25(23)30;3*1-2/h4-14,16,19,27H,2-3,15,17-18,31H2,1H3,(H,33,35);1-2H3;2*1H3/b26-16-;;;. The number of rotatable bonds is 12. The molecule has 1 atom stereocenters. The molecule has 0 saturated carbocycles.